The molecule has 4 rings (SSSR count). The molecular formula is C24H27N5O2. The number of carbonyl (C=O) groups excluding carboxylic acids is 2. The fourth-order valence-electron chi connectivity index (χ4n) is 3.98. The van der Waals surface area contributed by atoms with E-state index < -0.39 is 0 Å². The highest BCUT2D eigenvalue weighted by Gasteiger charge is 2.30. The Morgan fingerprint density at radius 2 is 1.90 bits per heavy atom. The number of aromatic nitrogens is 3. The van der Waals surface area contributed by atoms with Crippen LogP contribution < -0.4 is 5.32 Å². The number of carbonyl (C=O) groups is 2. The predicted octanol–water partition coefficient (Wildman–Crippen LogP) is 3.00. The van der Waals surface area contributed by atoms with Gasteiger partial charge in [0, 0.05) is 18.7 Å². The second kappa shape index (κ2) is 9.55. The van der Waals surface area contributed by atoms with E-state index in [4.69, 9.17) is 0 Å². The predicted molar refractivity (Wildman–Crippen MR) is 117 cm³/mol. The van der Waals surface area contributed by atoms with Crippen molar-refractivity contribution in [2.45, 2.75) is 32.4 Å². The normalized spacial score (nSPS) is 17.2. The van der Waals surface area contributed by atoms with Crippen molar-refractivity contribution in [1.29, 1.82) is 0 Å². The number of aryl methyl sites for hydroxylation is 1. The summed E-state index contributed by atoms with van der Waals surface area (Å²) in [6.45, 7) is 3.60. The van der Waals surface area contributed by atoms with Gasteiger partial charge in [-0.15, -0.1) is 0 Å². The third-order valence-corrected chi connectivity index (χ3v) is 5.73. The van der Waals surface area contributed by atoms with Crippen molar-refractivity contribution in [2.75, 3.05) is 13.1 Å². The van der Waals surface area contributed by atoms with E-state index in [0.717, 1.165) is 24.0 Å². The molecule has 7 nitrogen and oxygen atoms in total. The van der Waals surface area contributed by atoms with Crippen LogP contribution in [0.2, 0.25) is 0 Å². The molecule has 1 N–H and O–H groups in total. The Balaban J connectivity index is 1.44. The summed E-state index contributed by atoms with van der Waals surface area (Å²) in [6, 6.07) is 17.2. The van der Waals surface area contributed by atoms with Crippen LogP contribution in [-0.2, 0) is 11.3 Å². The summed E-state index contributed by atoms with van der Waals surface area (Å²) in [5.41, 5.74) is 2.79. The van der Waals surface area contributed by atoms with E-state index in [1.54, 1.807) is 15.9 Å². The second-order valence-corrected chi connectivity index (χ2v) is 8.05. The molecule has 0 radical (unpaired) electrons. The van der Waals surface area contributed by atoms with E-state index in [0.29, 0.717) is 25.2 Å². The fraction of sp³-hybridized carbons (Fsp3) is 0.333. The first-order chi connectivity index (χ1) is 15.1. The van der Waals surface area contributed by atoms with Gasteiger partial charge in [-0.1, -0.05) is 48.0 Å². The minimum absolute atomic E-state index is 0.0141. The Labute approximate surface area is 182 Å². The number of amides is 2. The molecule has 2 amide bonds. The monoisotopic (exact) mass is 417 g/mol. The lowest BCUT2D eigenvalue weighted by atomic mass is 9.95. The molecule has 160 valence electrons. The topological polar surface area (TPSA) is 80.1 Å². The van der Waals surface area contributed by atoms with Gasteiger partial charge in [-0.2, -0.15) is 5.10 Å². The lowest BCUT2D eigenvalue weighted by Gasteiger charge is -2.33. The van der Waals surface area contributed by atoms with E-state index in [9.17, 15) is 9.59 Å². The zero-order valence-corrected chi connectivity index (χ0v) is 17.6. The van der Waals surface area contributed by atoms with Gasteiger partial charge in [0.2, 0.25) is 5.91 Å². The van der Waals surface area contributed by atoms with Crippen molar-refractivity contribution in [2.24, 2.45) is 5.92 Å². The van der Waals surface area contributed by atoms with Crippen molar-refractivity contribution in [3.63, 3.8) is 0 Å². The van der Waals surface area contributed by atoms with Crippen molar-refractivity contribution in [1.82, 2.24) is 25.0 Å². The van der Waals surface area contributed by atoms with Gasteiger partial charge in [-0.25, -0.2) is 4.98 Å². The highest BCUT2D eigenvalue weighted by atomic mass is 16.2. The quantitative estimate of drug-likeness (QED) is 0.669. The molecule has 1 fully saturated rings. The standard InChI is InChI=1S/C24H27N5O2/c1-18-9-11-20(12-10-18)24(31)28-13-5-8-21(14-28)23(30)27-22(15-29-17-25-16-26-29)19-6-3-2-4-7-19/h2-4,6-7,9-12,16-17,21-22H,5,8,13-15H2,1H3,(H,27,30). The minimum atomic E-state index is -0.231. The molecule has 1 saturated heterocycles. The molecule has 2 atom stereocenters. The van der Waals surface area contributed by atoms with Crippen molar-refractivity contribution in [3.05, 3.63) is 83.9 Å². The number of benzene rings is 2. The van der Waals surface area contributed by atoms with E-state index in [2.05, 4.69) is 15.4 Å². The average Bonchev–Trinajstić information content (AvgIpc) is 3.32. The molecule has 2 aromatic carbocycles. The molecule has 0 spiro atoms. The molecule has 7 heteroatoms. The molecule has 3 aromatic rings. The summed E-state index contributed by atoms with van der Waals surface area (Å²) in [4.78, 5) is 31.9. The van der Waals surface area contributed by atoms with Crippen molar-refractivity contribution < 1.29 is 9.59 Å². The van der Waals surface area contributed by atoms with Gasteiger partial charge in [-0.3, -0.25) is 14.3 Å². The first-order valence-electron chi connectivity index (χ1n) is 10.6. The highest BCUT2D eigenvalue weighted by Crippen LogP contribution is 2.22. The molecule has 2 unspecified atom stereocenters. The van der Waals surface area contributed by atoms with Crippen LogP contribution in [0.3, 0.4) is 0 Å². The van der Waals surface area contributed by atoms with Crippen LogP contribution in [0.15, 0.2) is 67.3 Å². The molecule has 0 bridgehead atoms. The lowest BCUT2D eigenvalue weighted by Crippen LogP contribution is -2.46. The Bertz CT molecular complexity index is 1000. The van der Waals surface area contributed by atoms with Gasteiger partial charge in [0.25, 0.3) is 5.91 Å². The van der Waals surface area contributed by atoms with Crippen LogP contribution >= 0.6 is 0 Å². The maximum absolute atomic E-state index is 13.2. The van der Waals surface area contributed by atoms with Crippen LogP contribution in [0.25, 0.3) is 0 Å². The molecule has 0 aliphatic carbocycles. The van der Waals surface area contributed by atoms with Crippen LogP contribution in [0.1, 0.15) is 40.4 Å². The molecule has 1 aliphatic rings. The minimum Gasteiger partial charge on any atom is -0.347 e. The second-order valence-electron chi connectivity index (χ2n) is 8.05. The number of nitrogens with one attached hydrogen (secondary N) is 1. The van der Waals surface area contributed by atoms with Crippen LogP contribution in [0.5, 0.6) is 0 Å². The first-order valence-corrected chi connectivity index (χ1v) is 10.6. The number of piperidine rings is 1. The summed E-state index contributed by atoms with van der Waals surface area (Å²) in [6.07, 6.45) is 4.72. The van der Waals surface area contributed by atoms with Gasteiger partial charge >= 0.3 is 0 Å². The summed E-state index contributed by atoms with van der Waals surface area (Å²) >= 11 is 0. The first kappa shape index (κ1) is 20.8. The Morgan fingerprint density at radius 3 is 2.61 bits per heavy atom. The van der Waals surface area contributed by atoms with Gasteiger partial charge in [0.15, 0.2) is 0 Å². The van der Waals surface area contributed by atoms with Crippen LogP contribution in [0.4, 0.5) is 0 Å². The van der Waals surface area contributed by atoms with Gasteiger partial charge in [-0.05, 0) is 37.5 Å². The summed E-state index contributed by atoms with van der Waals surface area (Å²) in [5.74, 6) is -0.278. The largest absolute Gasteiger partial charge is 0.347 e. The fourth-order valence-corrected chi connectivity index (χ4v) is 3.98. The number of hydrogen-bond donors (Lipinski definition) is 1. The molecule has 31 heavy (non-hydrogen) atoms. The van der Waals surface area contributed by atoms with E-state index in [-0.39, 0.29) is 23.8 Å². The molecular weight excluding hydrogens is 390 g/mol. The maximum atomic E-state index is 13.2. The summed E-state index contributed by atoms with van der Waals surface area (Å²) in [5, 5.41) is 7.36. The molecule has 2 heterocycles. The Morgan fingerprint density at radius 1 is 1.13 bits per heavy atom. The molecule has 0 saturated carbocycles. The number of nitrogens with zero attached hydrogens (tertiary/aromatic N) is 4. The van der Waals surface area contributed by atoms with Crippen molar-refractivity contribution in [3.8, 4) is 0 Å². The van der Waals surface area contributed by atoms with Gasteiger partial charge in [0.1, 0.15) is 12.7 Å². The molecule has 1 aliphatic heterocycles. The molecule has 1 aromatic heterocycles. The zero-order chi connectivity index (χ0) is 21.6. The van der Waals surface area contributed by atoms with Gasteiger partial charge in [0.05, 0.1) is 18.5 Å². The van der Waals surface area contributed by atoms with Crippen LogP contribution in [-0.4, -0.2) is 44.6 Å². The lowest BCUT2D eigenvalue weighted by molar-refractivity contribution is -0.127. The Hall–Kier alpha value is -3.48. The van der Waals surface area contributed by atoms with E-state index >= 15 is 0 Å². The summed E-state index contributed by atoms with van der Waals surface area (Å²) in [7, 11) is 0. The average molecular weight is 418 g/mol. The zero-order valence-electron chi connectivity index (χ0n) is 17.6. The van der Waals surface area contributed by atoms with E-state index in [1.807, 2.05) is 61.5 Å². The van der Waals surface area contributed by atoms with E-state index in [1.165, 1.54) is 6.33 Å². The van der Waals surface area contributed by atoms with Crippen molar-refractivity contribution >= 4 is 11.8 Å². The van der Waals surface area contributed by atoms with Gasteiger partial charge < -0.3 is 10.2 Å². The smallest absolute Gasteiger partial charge is 0.253 e. The SMILES string of the molecule is Cc1ccc(C(=O)N2CCCC(C(=O)NC(Cn3cncn3)c3ccccc3)C2)cc1. The number of likely N-dealkylation sites (tertiary alicyclic amines) is 1. The van der Waals surface area contributed by atoms with Crippen LogP contribution in [0, 0.1) is 12.8 Å². The summed E-state index contributed by atoms with van der Waals surface area (Å²) < 4.78 is 1.71. The number of rotatable bonds is 6. The Kier molecular flexibility index (Phi) is 6.40. The third kappa shape index (κ3) is 5.17. The third-order valence-electron chi connectivity index (χ3n) is 5.73. The number of hydrogen-bond acceptors (Lipinski definition) is 4. The highest BCUT2D eigenvalue weighted by molar-refractivity contribution is 5.94. The maximum Gasteiger partial charge on any atom is 0.253 e.